The minimum Gasteiger partial charge on any atom is -0.493 e. The molecule has 1 aliphatic heterocycles. The fraction of sp³-hybridized carbons (Fsp3) is 0.667. The van der Waals surface area contributed by atoms with Gasteiger partial charge in [-0.2, -0.15) is 0 Å². The highest BCUT2D eigenvalue weighted by atomic mass is 16.5. The number of methoxy groups -OCH3 is 2. The Morgan fingerprint density at radius 1 is 1.03 bits per heavy atom. The zero-order valence-corrected chi connectivity index (χ0v) is 19.3. The van der Waals surface area contributed by atoms with Crippen molar-refractivity contribution >= 4 is 11.9 Å². The number of likely N-dealkylation sites (tertiary alicyclic amines) is 1. The van der Waals surface area contributed by atoms with Crippen molar-refractivity contribution in [2.45, 2.75) is 57.3 Å². The minimum absolute atomic E-state index is 0.00690. The van der Waals surface area contributed by atoms with E-state index in [0.717, 1.165) is 63.4 Å². The molecule has 31 heavy (non-hydrogen) atoms. The van der Waals surface area contributed by atoms with Gasteiger partial charge in [-0.1, -0.05) is 25.3 Å². The number of guanidine groups is 1. The van der Waals surface area contributed by atoms with Gasteiger partial charge in [-0.05, 0) is 50.3 Å². The molecule has 2 N–H and O–H groups in total. The maximum absolute atomic E-state index is 12.4. The lowest BCUT2D eigenvalue weighted by Crippen LogP contribution is -2.47. The van der Waals surface area contributed by atoms with Gasteiger partial charge in [0.15, 0.2) is 17.5 Å². The zero-order chi connectivity index (χ0) is 22.1. The number of nitrogens with one attached hydrogen (secondary N) is 2. The fourth-order valence-electron chi connectivity index (χ4n) is 4.77. The van der Waals surface area contributed by atoms with Gasteiger partial charge in [-0.15, -0.1) is 0 Å². The van der Waals surface area contributed by atoms with E-state index in [-0.39, 0.29) is 17.9 Å². The second-order valence-electron chi connectivity index (χ2n) is 8.55. The Labute approximate surface area is 186 Å². The highest BCUT2D eigenvalue weighted by Crippen LogP contribution is 2.42. The highest BCUT2D eigenvalue weighted by molar-refractivity contribution is 5.85. The Balaban J connectivity index is 1.74. The van der Waals surface area contributed by atoms with Gasteiger partial charge in [0.25, 0.3) is 0 Å². The average molecular weight is 431 g/mol. The summed E-state index contributed by atoms with van der Waals surface area (Å²) in [5, 5.41) is 6.84. The summed E-state index contributed by atoms with van der Waals surface area (Å²) in [6, 6.07) is 6.28. The molecule has 1 amide bonds. The minimum atomic E-state index is 0.00690. The zero-order valence-electron chi connectivity index (χ0n) is 19.3. The monoisotopic (exact) mass is 430 g/mol. The van der Waals surface area contributed by atoms with Crippen LogP contribution in [0.3, 0.4) is 0 Å². The van der Waals surface area contributed by atoms with Crippen LogP contribution < -0.4 is 20.1 Å². The third-order valence-corrected chi connectivity index (χ3v) is 6.58. The van der Waals surface area contributed by atoms with E-state index >= 15 is 0 Å². The van der Waals surface area contributed by atoms with Crippen LogP contribution in [0.5, 0.6) is 11.5 Å². The summed E-state index contributed by atoms with van der Waals surface area (Å²) >= 11 is 0. The molecule has 1 saturated carbocycles. The second kappa shape index (κ2) is 11.3. The number of ether oxygens (including phenoxy) is 2. The Morgan fingerprint density at radius 3 is 2.39 bits per heavy atom. The van der Waals surface area contributed by atoms with E-state index in [1.807, 2.05) is 17.9 Å². The summed E-state index contributed by atoms with van der Waals surface area (Å²) in [7, 11) is 3.35. The molecule has 172 valence electrons. The van der Waals surface area contributed by atoms with Crippen LogP contribution in [0, 0.1) is 0 Å². The van der Waals surface area contributed by atoms with Crippen LogP contribution in [0.4, 0.5) is 0 Å². The molecule has 0 radical (unpaired) electrons. The van der Waals surface area contributed by atoms with Crippen LogP contribution in [0.15, 0.2) is 23.2 Å². The van der Waals surface area contributed by atoms with E-state index in [0.29, 0.717) is 5.96 Å². The lowest BCUT2D eigenvalue weighted by molar-refractivity contribution is -0.128. The van der Waals surface area contributed by atoms with Crippen molar-refractivity contribution in [3.63, 3.8) is 0 Å². The lowest BCUT2D eigenvalue weighted by Gasteiger charge is -2.38. The molecule has 0 unspecified atom stereocenters. The van der Waals surface area contributed by atoms with Gasteiger partial charge in [0.05, 0.1) is 14.2 Å². The quantitative estimate of drug-likeness (QED) is 0.490. The Hall–Kier alpha value is -2.44. The number of aliphatic imine (C=N–C) groups is 1. The molecule has 1 heterocycles. The van der Waals surface area contributed by atoms with Crippen LogP contribution in [-0.4, -0.2) is 63.7 Å². The molecule has 7 heteroatoms. The van der Waals surface area contributed by atoms with E-state index in [4.69, 9.17) is 9.47 Å². The lowest BCUT2D eigenvalue weighted by atomic mass is 9.69. The molecule has 7 nitrogen and oxygen atoms in total. The maximum atomic E-state index is 12.4. The van der Waals surface area contributed by atoms with Crippen molar-refractivity contribution in [3.8, 4) is 11.5 Å². The molecular weight excluding hydrogens is 392 g/mol. The highest BCUT2D eigenvalue weighted by Gasteiger charge is 2.35. The first-order valence-corrected chi connectivity index (χ1v) is 11.6. The van der Waals surface area contributed by atoms with E-state index in [9.17, 15) is 4.79 Å². The largest absolute Gasteiger partial charge is 0.493 e. The summed E-state index contributed by atoms with van der Waals surface area (Å²) in [6.45, 7) is 5.49. The second-order valence-corrected chi connectivity index (χ2v) is 8.55. The average Bonchev–Trinajstić information content (AvgIpc) is 3.36. The predicted molar refractivity (Wildman–Crippen MR) is 124 cm³/mol. The van der Waals surface area contributed by atoms with Gasteiger partial charge in [0, 0.05) is 31.6 Å². The molecule has 2 aliphatic rings. The number of amides is 1. The Kier molecular flexibility index (Phi) is 8.43. The maximum Gasteiger partial charge on any atom is 0.244 e. The van der Waals surface area contributed by atoms with Gasteiger partial charge in [0.1, 0.15) is 6.54 Å². The summed E-state index contributed by atoms with van der Waals surface area (Å²) in [5.41, 5.74) is 1.27. The van der Waals surface area contributed by atoms with Crippen molar-refractivity contribution in [2.75, 3.05) is 46.9 Å². The van der Waals surface area contributed by atoms with Crippen molar-refractivity contribution < 1.29 is 14.3 Å². The Morgan fingerprint density at radius 2 is 1.74 bits per heavy atom. The van der Waals surface area contributed by atoms with Crippen LogP contribution in [0.2, 0.25) is 0 Å². The van der Waals surface area contributed by atoms with Crippen molar-refractivity contribution in [2.24, 2.45) is 4.99 Å². The molecule has 1 aliphatic carbocycles. The third kappa shape index (κ3) is 5.83. The predicted octanol–water partition coefficient (Wildman–Crippen LogP) is 3.08. The van der Waals surface area contributed by atoms with E-state index in [1.54, 1.807) is 14.2 Å². The Bertz CT molecular complexity index is 753. The molecule has 1 saturated heterocycles. The first kappa shape index (κ1) is 23.2. The van der Waals surface area contributed by atoms with Crippen LogP contribution in [-0.2, 0) is 10.2 Å². The summed E-state index contributed by atoms with van der Waals surface area (Å²) < 4.78 is 11.0. The SMILES string of the molecule is CCNC(=NCC(=O)N1CCCC1)NCC1(c2ccc(OC)c(OC)c2)CCCCC1. The van der Waals surface area contributed by atoms with E-state index in [1.165, 1.54) is 24.8 Å². The number of carbonyl (C=O) groups excluding carboxylic acids is 1. The van der Waals surface area contributed by atoms with Gasteiger partial charge in [0.2, 0.25) is 5.91 Å². The molecule has 3 rings (SSSR count). The number of hydrogen-bond acceptors (Lipinski definition) is 4. The van der Waals surface area contributed by atoms with Gasteiger partial charge in [-0.3, -0.25) is 4.79 Å². The molecular formula is C24H38N4O3. The molecule has 0 atom stereocenters. The number of carbonyl (C=O) groups is 1. The van der Waals surface area contributed by atoms with Crippen LogP contribution in [0.1, 0.15) is 57.4 Å². The smallest absolute Gasteiger partial charge is 0.244 e. The van der Waals surface area contributed by atoms with Gasteiger partial charge >= 0.3 is 0 Å². The first-order chi connectivity index (χ1) is 15.1. The standard InChI is InChI=1S/C24H38N4O3/c1-4-25-23(26-17-22(29)28-14-8-9-15-28)27-18-24(12-6-5-7-13-24)19-10-11-20(30-2)21(16-19)31-3/h10-11,16H,4-9,12-15,17-18H2,1-3H3,(H2,25,26,27). The van der Waals surface area contributed by atoms with Crippen LogP contribution in [0.25, 0.3) is 0 Å². The molecule has 2 fully saturated rings. The van der Waals surface area contributed by atoms with Gasteiger partial charge < -0.3 is 25.0 Å². The summed E-state index contributed by atoms with van der Waals surface area (Å²) in [4.78, 5) is 18.9. The number of hydrogen-bond donors (Lipinski definition) is 2. The third-order valence-electron chi connectivity index (χ3n) is 6.58. The van der Waals surface area contributed by atoms with Crippen molar-refractivity contribution in [1.29, 1.82) is 0 Å². The molecule has 0 bridgehead atoms. The topological polar surface area (TPSA) is 75.2 Å². The molecule has 1 aromatic rings. The molecule has 0 spiro atoms. The number of rotatable bonds is 8. The van der Waals surface area contributed by atoms with Crippen molar-refractivity contribution in [1.82, 2.24) is 15.5 Å². The van der Waals surface area contributed by atoms with Crippen LogP contribution >= 0.6 is 0 Å². The normalized spacial score (nSPS) is 18.5. The van der Waals surface area contributed by atoms with Crippen molar-refractivity contribution in [3.05, 3.63) is 23.8 Å². The molecule has 0 aromatic heterocycles. The fourth-order valence-corrected chi connectivity index (χ4v) is 4.77. The first-order valence-electron chi connectivity index (χ1n) is 11.6. The van der Waals surface area contributed by atoms with E-state index < -0.39 is 0 Å². The number of nitrogens with zero attached hydrogens (tertiary/aromatic N) is 2. The number of benzene rings is 1. The summed E-state index contributed by atoms with van der Waals surface area (Å²) in [5.74, 6) is 2.34. The molecule has 1 aromatic carbocycles. The van der Waals surface area contributed by atoms with E-state index in [2.05, 4.69) is 27.8 Å². The summed E-state index contributed by atoms with van der Waals surface area (Å²) in [6.07, 6.45) is 8.11. The van der Waals surface area contributed by atoms with Gasteiger partial charge in [-0.25, -0.2) is 4.99 Å².